The fourth-order valence-electron chi connectivity index (χ4n) is 3.32. The minimum atomic E-state index is 0.375. The number of hydrogen-bond acceptors (Lipinski definition) is 3. The SMILES string of the molecule is CSC1CCC(N2CCCNC(C(C)(C)C)C2)C1. The first-order valence-corrected chi connectivity index (χ1v) is 8.79. The molecule has 1 aliphatic carbocycles. The van der Waals surface area contributed by atoms with Gasteiger partial charge in [0.1, 0.15) is 0 Å². The lowest BCUT2D eigenvalue weighted by molar-refractivity contribution is 0.155. The molecule has 2 nitrogen and oxygen atoms in total. The van der Waals surface area contributed by atoms with Crippen molar-refractivity contribution in [3.8, 4) is 0 Å². The molecule has 2 rings (SSSR count). The Morgan fingerprint density at radius 2 is 2.00 bits per heavy atom. The molecule has 0 radical (unpaired) electrons. The third-order valence-electron chi connectivity index (χ3n) is 4.68. The Morgan fingerprint density at radius 1 is 1.22 bits per heavy atom. The highest BCUT2D eigenvalue weighted by Crippen LogP contribution is 2.33. The van der Waals surface area contributed by atoms with E-state index in [-0.39, 0.29) is 0 Å². The van der Waals surface area contributed by atoms with E-state index < -0.39 is 0 Å². The van der Waals surface area contributed by atoms with Crippen LogP contribution in [0.5, 0.6) is 0 Å². The number of nitrogens with zero attached hydrogens (tertiary/aromatic N) is 1. The molecule has 18 heavy (non-hydrogen) atoms. The smallest absolute Gasteiger partial charge is 0.0243 e. The van der Waals surface area contributed by atoms with Crippen LogP contribution in [0.3, 0.4) is 0 Å². The number of thioether (sulfide) groups is 1. The molecule has 1 aliphatic heterocycles. The standard InChI is InChI=1S/C15H30N2S/c1-15(2,3)14-11-17(9-5-8-16-14)12-6-7-13(10-12)18-4/h12-14,16H,5-11H2,1-4H3. The van der Waals surface area contributed by atoms with Crippen molar-refractivity contribution in [1.82, 2.24) is 10.2 Å². The highest BCUT2D eigenvalue weighted by atomic mass is 32.2. The molecule has 1 saturated carbocycles. The van der Waals surface area contributed by atoms with Crippen LogP contribution in [0.1, 0.15) is 46.5 Å². The summed E-state index contributed by atoms with van der Waals surface area (Å²) in [5.74, 6) is 0. The molecule has 106 valence electrons. The Bertz CT molecular complexity index is 262. The van der Waals surface area contributed by atoms with Crippen LogP contribution in [0, 0.1) is 5.41 Å². The largest absolute Gasteiger partial charge is 0.312 e. The summed E-state index contributed by atoms with van der Waals surface area (Å²) in [7, 11) is 0. The summed E-state index contributed by atoms with van der Waals surface area (Å²) >= 11 is 2.07. The highest BCUT2D eigenvalue weighted by molar-refractivity contribution is 7.99. The van der Waals surface area contributed by atoms with Gasteiger partial charge in [0.25, 0.3) is 0 Å². The molecule has 2 aliphatic rings. The molecule has 1 saturated heterocycles. The second-order valence-electron chi connectivity index (χ2n) is 7.05. The second-order valence-corrected chi connectivity index (χ2v) is 8.18. The van der Waals surface area contributed by atoms with Gasteiger partial charge >= 0.3 is 0 Å². The maximum atomic E-state index is 3.75. The van der Waals surface area contributed by atoms with Crippen molar-refractivity contribution in [2.24, 2.45) is 5.41 Å². The van der Waals surface area contributed by atoms with Crippen LogP contribution in [-0.4, -0.2) is 48.1 Å². The summed E-state index contributed by atoms with van der Waals surface area (Å²) in [5, 5.41) is 4.67. The van der Waals surface area contributed by atoms with Crippen molar-refractivity contribution in [2.75, 3.05) is 25.9 Å². The molecule has 1 N–H and O–H groups in total. The molecule has 0 bridgehead atoms. The first kappa shape index (κ1) is 14.7. The summed E-state index contributed by atoms with van der Waals surface area (Å²) in [6, 6.07) is 1.50. The lowest BCUT2D eigenvalue weighted by Crippen LogP contribution is -2.48. The van der Waals surface area contributed by atoms with E-state index in [1.807, 2.05) is 0 Å². The van der Waals surface area contributed by atoms with Crippen LogP contribution in [0.4, 0.5) is 0 Å². The van der Waals surface area contributed by atoms with E-state index in [4.69, 9.17) is 0 Å². The Labute approximate surface area is 117 Å². The lowest BCUT2D eigenvalue weighted by Gasteiger charge is -2.36. The summed E-state index contributed by atoms with van der Waals surface area (Å²) < 4.78 is 0. The average molecular weight is 270 g/mol. The van der Waals surface area contributed by atoms with Gasteiger partial charge in [-0.25, -0.2) is 0 Å². The molecule has 3 unspecified atom stereocenters. The Hall–Kier alpha value is 0.270. The molecule has 0 amide bonds. The molecule has 0 spiro atoms. The van der Waals surface area contributed by atoms with Crippen LogP contribution in [0.25, 0.3) is 0 Å². The van der Waals surface area contributed by atoms with Gasteiger partial charge in [0.2, 0.25) is 0 Å². The third-order valence-corrected chi connectivity index (χ3v) is 5.78. The molecule has 3 heteroatoms. The minimum absolute atomic E-state index is 0.375. The van der Waals surface area contributed by atoms with E-state index >= 15 is 0 Å². The fraction of sp³-hybridized carbons (Fsp3) is 1.00. The zero-order valence-corrected chi connectivity index (χ0v) is 13.4. The van der Waals surface area contributed by atoms with E-state index in [0.29, 0.717) is 11.5 Å². The molecule has 0 aromatic carbocycles. The Balaban J connectivity index is 1.95. The predicted molar refractivity (Wildman–Crippen MR) is 82.4 cm³/mol. The van der Waals surface area contributed by atoms with Gasteiger partial charge in [-0.2, -0.15) is 11.8 Å². The summed E-state index contributed by atoms with van der Waals surface area (Å²) in [4.78, 5) is 2.78. The lowest BCUT2D eigenvalue weighted by atomic mass is 9.86. The van der Waals surface area contributed by atoms with Crippen LogP contribution < -0.4 is 5.32 Å². The quantitative estimate of drug-likeness (QED) is 0.830. The first-order valence-electron chi connectivity index (χ1n) is 7.51. The van der Waals surface area contributed by atoms with E-state index in [1.165, 1.54) is 45.3 Å². The van der Waals surface area contributed by atoms with E-state index in [0.717, 1.165) is 11.3 Å². The van der Waals surface area contributed by atoms with Crippen LogP contribution in [0.15, 0.2) is 0 Å². The molecule has 0 aromatic rings. The van der Waals surface area contributed by atoms with Crippen molar-refractivity contribution >= 4 is 11.8 Å². The molecule has 1 heterocycles. The number of rotatable bonds is 2. The number of hydrogen-bond donors (Lipinski definition) is 1. The van der Waals surface area contributed by atoms with E-state index in [1.54, 1.807) is 0 Å². The number of nitrogens with one attached hydrogen (secondary N) is 1. The minimum Gasteiger partial charge on any atom is -0.312 e. The average Bonchev–Trinajstić information content (AvgIpc) is 2.64. The Morgan fingerprint density at radius 3 is 2.61 bits per heavy atom. The van der Waals surface area contributed by atoms with Gasteiger partial charge in [-0.05, 0) is 50.4 Å². The molecular formula is C15H30N2S. The molecule has 2 fully saturated rings. The predicted octanol–water partition coefficient (Wildman–Crippen LogP) is 2.98. The molecule has 0 aromatic heterocycles. The van der Waals surface area contributed by atoms with Gasteiger partial charge in [-0.15, -0.1) is 0 Å². The topological polar surface area (TPSA) is 15.3 Å². The van der Waals surface area contributed by atoms with Crippen molar-refractivity contribution in [2.45, 2.75) is 63.8 Å². The Kier molecular flexibility index (Phi) is 5.01. The van der Waals surface area contributed by atoms with Crippen molar-refractivity contribution in [3.63, 3.8) is 0 Å². The van der Waals surface area contributed by atoms with Gasteiger partial charge in [0.15, 0.2) is 0 Å². The van der Waals surface area contributed by atoms with Crippen LogP contribution in [0.2, 0.25) is 0 Å². The van der Waals surface area contributed by atoms with E-state index in [9.17, 15) is 0 Å². The van der Waals surface area contributed by atoms with E-state index in [2.05, 4.69) is 49.0 Å². The molecular weight excluding hydrogens is 240 g/mol. The summed E-state index contributed by atoms with van der Waals surface area (Å²) in [6.07, 6.45) is 7.85. The fourth-order valence-corrected chi connectivity index (χ4v) is 4.11. The van der Waals surface area contributed by atoms with Gasteiger partial charge < -0.3 is 5.32 Å². The zero-order valence-electron chi connectivity index (χ0n) is 12.5. The maximum Gasteiger partial charge on any atom is 0.0243 e. The first-order chi connectivity index (χ1) is 8.50. The zero-order chi connectivity index (χ0) is 13.2. The second kappa shape index (κ2) is 6.15. The maximum absolute atomic E-state index is 3.75. The molecule has 3 atom stereocenters. The van der Waals surface area contributed by atoms with Crippen molar-refractivity contribution in [3.05, 3.63) is 0 Å². The summed E-state index contributed by atoms with van der Waals surface area (Å²) in [5.41, 5.74) is 0.375. The summed E-state index contributed by atoms with van der Waals surface area (Å²) in [6.45, 7) is 10.8. The van der Waals surface area contributed by atoms with Gasteiger partial charge in [0.05, 0.1) is 0 Å². The van der Waals surface area contributed by atoms with Crippen LogP contribution in [-0.2, 0) is 0 Å². The third kappa shape index (κ3) is 3.64. The van der Waals surface area contributed by atoms with Crippen molar-refractivity contribution < 1.29 is 0 Å². The normalized spacial score (nSPS) is 35.7. The van der Waals surface area contributed by atoms with Gasteiger partial charge in [-0.3, -0.25) is 4.90 Å². The van der Waals surface area contributed by atoms with Gasteiger partial charge in [0, 0.05) is 23.9 Å². The monoisotopic (exact) mass is 270 g/mol. The van der Waals surface area contributed by atoms with Gasteiger partial charge in [-0.1, -0.05) is 20.8 Å². The van der Waals surface area contributed by atoms with Crippen molar-refractivity contribution in [1.29, 1.82) is 0 Å². The van der Waals surface area contributed by atoms with Crippen LogP contribution >= 0.6 is 11.8 Å². The highest BCUT2D eigenvalue weighted by Gasteiger charge is 2.34.